The number of rotatable bonds is 8. The van der Waals surface area contributed by atoms with Gasteiger partial charge in [-0.05, 0) is 48.9 Å². The molecule has 8 N–H and O–H groups in total. The Labute approximate surface area is 181 Å². The SMILES string of the molecule is Cn1cccc1C(=O)NC(N)c1cc(NC(=O)C(CCN)c2ccccc2)ccc1N. The lowest BCUT2D eigenvalue weighted by Crippen LogP contribution is -2.35. The molecule has 31 heavy (non-hydrogen) atoms. The smallest absolute Gasteiger partial charge is 0.269 e. The van der Waals surface area contributed by atoms with E-state index in [0.717, 1.165) is 5.56 Å². The summed E-state index contributed by atoms with van der Waals surface area (Å²) < 4.78 is 1.70. The van der Waals surface area contributed by atoms with Crippen LogP contribution in [-0.4, -0.2) is 22.9 Å². The van der Waals surface area contributed by atoms with E-state index in [9.17, 15) is 9.59 Å². The van der Waals surface area contributed by atoms with Gasteiger partial charge in [0.25, 0.3) is 5.91 Å². The van der Waals surface area contributed by atoms with Crippen molar-refractivity contribution >= 4 is 23.2 Å². The van der Waals surface area contributed by atoms with Crippen LogP contribution in [0.2, 0.25) is 0 Å². The molecular formula is C23H28N6O2. The highest BCUT2D eigenvalue weighted by Crippen LogP contribution is 2.25. The predicted octanol–water partition coefficient (Wildman–Crippen LogP) is 2.07. The highest BCUT2D eigenvalue weighted by Gasteiger charge is 2.21. The van der Waals surface area contributed by atoms with Crippen LogP contribution < -0.4 is 27.8 Å². The van der Waals surface area contributed by atoms with Crippen molar-refractivity contribution < 1.29 is 9.59 Å². The van der Waals surface area contributed by atoms with Crippen LogP contribution in [-0.2, 0) is 11.8 Å². The number of aryl methyl sites for hydroxylation is 1. The van der Waals surface area contributed by atoms with Crippen LogP contribution in [0.3, 0.4) is 0 Å². The zero-order valence-corrected chi connectivity index (χ0v) is 17.4. The average Bonchev–Trinajstić information content (AvgIpc) is 3.19. The largest absolute Gasteiger partial charge is 0.398 e. The molecular weight excluding hydrogens is 392 g/mol. The minimum absolute atomic E-state index is 0.172. The Kier molecular flexibility index (Phi) is 7.07. The van der Waals surface area contributed by atoms with Crippen molar-refractivity contribution in [2.24, 2.45) is 18.5 Å². The second-order valence-electron chi connectivity index (χ2n) is 7.33. The van der Waals surface area contributed by atoms with Gasteiger partial charge >= 0.3 is 0 Å². The maximum atomic E-state index is 12.9. The van der Waals surface area contributed by atoms with Gasteiger partial charge in [0.1, 0.15) is 11.9 Å². The Balaban J connectivity index is 1.76. The summed E-state index contributed by atoms with van der Waals surface area (Å²) in [6, 6.07) is 18.0. The molecule has 0 aliphatic heterocycles. The van der Waals surface area contributed by atoms with Crippen molar-refractivity contribution in [3.05, 3.63) is 83.7 Å². The number of hydrogen-bond acceptors (Lipinski definition) is 5. The number of hydrogen-bond donors (Lipinski definition) is 5. The number of carbonyl (C=O) groups excluding carboxylic acids is 2. The van der Waals surface area contributed by atoms with Crippen LogP contribution in [0.4, 0.5) is 11.4 Å². The number of amides is 2. The predicted molar refractivity (Wildman–Crippen MR) is 122 cm³/mol. The van der Waals surface area contributed by atoms with Gasteiger partial charge in [0.15, 0.2) is 0 Å². The molecule has 0 bridgehead atoms. The van der Waals surface area contributed by atoms with Crippen molar-refractivity contribution in [2.75, 3.05) is 17.6 Å². The van der Waals surface area contributed by atoms with Gasteiger partial charge in [0, 0.05) is 30.2 Å². The fourth-order valence-electron chi connectivity index (χ4n) is 3.44. The van der Waals surface area contributed by atoms with Crippen LogP contribution in [0.1, 0.15) is 40.1 Å². The topological polar surface area (TPSA) is 141 Å². The first-order valence-electron chi connectivity index (χ1n) is 10.0. The Morgan fingerprint density at radius 1 is 1.06 bits per heavy atom. The minimum atomic E-state index is -0.840. The molecule has 0 radical (unpaired) electrons. The van der Waals surface area contributed by atoms with Crippen LogP contribution in [0.25, 0.3) is 0 Å². The number of nitrogens with one attached hydrogen (secondary N) is 2. The zero-order valence-electron chi connectivity index (χ0n) is 17.4. The molecule has 8 heteroatoms. The van der Waals surface area contributed by atoms with E-state index in [1.807, 2.05) is 30.3 Å². The van der Waals surface area contributed by atoms with Crippen LogP contribution in [0.15, 0.2) is 66.9 Å². The van der Waals surface area contributed by atoms with Gasteiger partial charge < -0.3 is 32.4 Å². The van der Waals surface area contributed by atoms with E-state index in [-0.39, 0.29) is 17.7 Å². The summed E-state index contributed by atoms with van der Waals surface area (Å²) in [6.07, 6.45) is 1.45. The molecule has 2 atom stereocenters. The molecule has 0 saturated heterocycles. The lowest BCUT2D eigenvalue weighted by atomic mass is 9.94. The van der Waals surface area contributed by atoms with Crippen molar-refractivity contribution in [3.63, 3.8) is 0 Å². The van der Waals surface area contributed by atoms with E-state index in [2.05, 4.69) is 10.6 Å². The molecule has 1 aromatic heterocycles. The van der Waals surface area contributed by atoms with Crippen molar-refractivity contribution in [1.82, 2.24) is 9.88 Å². The number of benzene rings is 2. The molecule has 0 aliphatic rings. The van der Waals surface area contributed by atoms with Crippen LogP contribution in [0, 0.1) is 0 Å². The van der Waals surface area contributed by atoms with Crippen molar-refractivity contribution in [1.29, 1.82) is 0 Å². The van der Waals surface area contributed by atoms with Gasteiger partial charge in [-0.3, -0.25) is 9.59 Å². The molecule has 2 unspecified atom stereocenters. The molecule has 8 nitrogen and oxygen atoms in total. The number of nitrogen functional groups attached to an aromatic ring is 1. The van der Waals surface area contributed by atoms with Gasteiger partial charge in [-0.15, -0.1) is 0 Å². The maximum absolute atomic E-state index is 12.9. The monoisotopic (exact) mass is 420 g/mol. The maximum Gasteiger partial charge on any atom is 0.269 e. The highest BCUT2D eigenvalue weighted by atomic mass is 16.2. The van der Waals surface area contributed by atoms with E-state index in [1.165, 1.54) is 0 Å². The first-order chi connectivity index (χ1) is 14.9. The fraction of sp³-hybridized carbons (Fsp3) is 0.217. The first-order valence-corrected chi connectivity index (χ1v) is 10.0. The molecule has 3 aromatic rings. The van der Waals surface area contributed by atoms with E-state index >= 15 is 0 Å². The Bertz CT molecular complexity index is 1050. The standard InChI is InChI=1S/C23H28N6O2/c1-29-13-5-8-20(29)23(31)28-21(26)18-14-16(9-10-19(18)25)27-22(30)17(11-12-24)15-6-3-2-4-7-15/h2-10,13-14,17,21H,11-12,24-26H2,1H3,(H,27,30)(H,28,31). The molecule has 0 aliphatic carbocycles. The number of aromatic nitrogens is 1. The first kappa shape index (κ1) is 22.1. The van der Waals surface area contributed by atoms with Gasteiger partial charge in [0.05, 0.1) is 5.92 Å². The lowest BCUT2D eigenvalue weighted by Gasteiger charge is -2.20. The van der Waals surface area contributed by atoms with Gasteiger partial charge in [0.2, 0.25) is 5.91 Å². The van der Waals surface area contributed by atoms with Crippen LogP contribution in [0.5, 0.6) is 0 Å². The Morgan fingerprint density at radius 2 is 1.81 bits per heavy atom. The molecule has 0 spiro atoms. The third kappa shape index (κ3) is 5.30. The quantitative estimate of drug-likeness (QED) is 0.280. The summed E-state index contributed by atoms with van der Waals surface area (Å²) in [5.74, 6) is -0.868. The second-order valence-corrected chi connectivity index (χ2v) is 7.33. The van der Waals surface area contributed by atoms with E-state index in [1.54, 1.807) is 48.1 Å². The number of anilines is 2. The van der Waals surface area contributed by atoms with Crippen LogP contribution >= 0.6 is 0 Å². The summed E-state index contributed by atoms with van der Waals surface area (Å²) in [4.78, 5) is 25.4. The second kappa shape index (κ2) is 9.92. The fourth-order valence-corrected chi connectivity index (χ4v) is 3.44. The molecule has 3 rings (SSSR count). The molecule has 2 amide bonds. The molecule has 162 valence electrons. The van der Waals surface area contributed by atoms with E-state index in [4.69, 9.17) is 17.2 Å². The summed E-state index contributed by atoms with van der Waals surface area (Å²) in [5, 5.41) is 5.65. The number of nitrogens with two attached hydrogens (primary N) is 3. The van der Waals surface area contributed by atoms with Gasteiger partial charge in [-0.25, -0.2) is 0 Å². The number of nitrogens with zero attached hydrogens (tertiary/aromatic N) is 1. The summed E-state index contributed by atoms with van der Waals surface area (Å²) in [7, 11) is 1.77. The third-order valence-corrected chi connectivity index (χ3v) is 5.13. The number of carbonyl (C=O) groups is 2. The summed E-state index contributed by atoms with van der Waals surface area (Å²) in [5.41, 5.74) is 20.8. The molecule has 0 fully saturated rings. The Hall–Kier alpha value is -3.62. The zero-order chi connectivity index (χ0) is 22.4. The van der Waals surface area contributed by atoms with Gasteiger partial charge in [-0.2, -0.15) is 0 Å². The highest BCUT2D eigenvalue weighted by molar-refractivity contribution is 5.96. The molecule has 1 heterocycles. The molecule has 2 aromatic carbocycles. The third-order valence-electron chi connectivity index (χ3n) is 5.13. The van der Waals surface area contributed by atoms with Crippen molar-refractivity contribution in [3.8, 4) is 0 Å². The minimum Gasteiger partial charge on any atom is -0.398 e. The normalized spacial score (nSPS) is 12.7. The van der Waals surface area contributed by atoms with E-state index in [0.29, 0.717) is 35.6 Å². The lowest BCUT2D eigenvalue weighted by molar-refractivity contribution is -0.117. The van der Waals surface area contributed by atoms with E-state index < -0.39 is 6.17 Å². The Morgan fingerprint density at radius 3 is 2.45 bits per heavy atom. The van der Waals surface area contributed by atoms with Crippen molar-refractivity contribution in [2.45, 2.75) is 18.5 Å². The summed E-state index contributed by atoms with van der Waals surface area (Å²) >= 11 is 0. The summed E-state index contributed by atoms with van der Waals surface area (Å²) in [6.45, 7) is 0.385. The van der Waals surface area contributed by atoms with Gasteiger partial charge in [-0.1, -0.05) is 30.3 Å². The molecule has 0 saturated carbocycles. The average molecular weight is 421 g/mol.